The number of hydrogen-bond donors (Lipinski definition) is 2. The number of nitrogens with zero attached hydrogens (tertiary/aromatic N) is 1. The molecule has 74 valence electrons. The van der Waals surface area contributed by atoms with Gasteiger partial charge in [-0.1, -0.05) is 0 Å². The Balaban J connectivity index is 1.69. The van der Waals surface area contributed by atoms with Crippen molar-refractivity contribution in [2.45, 2.75) is 12.8 Å². The lowest BCUT2D eigenvalue weighted by atomic mass is 10.1. The van der Waals surface area contributed by atoms with E-state index >= 15 is 0 Å². The molecule has 1 atom stereocenters. The molecule has 0 aromatic carbocycles. The predicted octanol–water partition coefficient (Wildman–Crippen LogP) is 0.0112. The van der Waals surface area contributed by atoms with Gasteiger partial charge in [0.05, 0.1) is 0 Å². The van der Waals surface area contributed by atoms with E-state index in [1.54, 1.807) is 0 Å². The lowest BCUT2D eigenvalue weighted by Crippen LogP contribution is -2.30. The average Bonchev–Trinajstić information content (AvgIpc) is 2.72. The second kappa shape index (κ2) is 3.96. The molecule has 0 saturated carbocycles. The number of urea groups is 1. The molecule has 2 aliphatic heterocycles. The van der Waals surface area contributed by atoms with Crippen LogP contribution in [0.25, 0.3) is 0 Å². The molecule has 2 fully saturated rings. The first-order valence-corrected chi connectivity index (χ1v) is 5.10. The Hall–Kier alpha value is -0.770. The van der Waals surface area contributed by atoms with Crippen LogP contribution in [-0.2, 0) is 0 Å². The van der Waals surface area contributed by atoms with Crippen LogP contribution in [0.1, 0.15) is 12.8 Å². The van der Waals surface area contributed by atoms with E-state index in [4.69, 9.17) is 0 Å². The largest absolute Gasteiger partial charge is 0.336 e. The van der Waals surface area contributed by atoms with Gasteiger partial charge in [0.15, 0.2) is 0 Å². The highest BCUT2D eigenvalue weighted by Crippen LogP contribution is 2.13. The molecule has 0 aromatic heterocycles. The van der Waals surface area contributed by atoms with Gasteiger partial charge in [-0.15, -0.1) is 0 Å². The summed E-state index contributed by atoms with van der Waals surface area (Å²) in [6, 6.07) is 0.117. The van der Waals surface area contributed by atoms with Crippen molar-refractivity contribution in [1.82, 2.24) is 15.5 Å². The Morgan fingerprint density at radius 2 is 2.38 bits per heavy atom. The highest BCUT2D eigenvalue weighted by atomic mass is 16.2. The van der Waals surface area contributed by atoms with Crippen LogP contribution in [0.2, 0.25) is 0 Å². The summed E-state index contributed by atoms with van der Waals surface area (Å²) in [6.45, 7) is 4.92. The molecule has 2 saturated heterocycles. The van der Waals surface area contributed by atoms with Gasteiger partial charge in [0.2, 0.25) is 0 Å². The first-order chi connectivity index (χ1) is 6.36. The molecule has 2 N–H and O–H groups in total. The number of nitrogens with one attached hydrogen (secondary N) is 2. The van der Waals surface area contributed by atoms with Gasteiger partial charge < -0.3 is 15.5 Å². The van der Waals surface area contributed by atoms with E-state index in [9.17, 15) is 4.79 Å². The van der Waals surface area contributed by atoms with Crippen LogP contribution >= 0.6 is 0 Å². The number of carbonyl (C=O) groups excluding carboxylic acids is 1. The lowest BCUT2D eigenvalue weighted by molar-refractivity contribution is 0.214. The Labute approximate surface area is 78.7 Å². The Bertz CT molecular complexity index is 189. The third-order valence-electron chi connectivity index (χ3n) is 2.91. The van der Waals surface area contributed by atoms with Crippen molar-refractivity contribution in [2.75, 3.05) is 32.7 Å². The van der Waals surface area contributed by atoms with Crippen LogP contribution in [0.5, 0.6) is 0 Å². The molecule has 2 heterocycles. The topological polar surface area (TPSA) is 44.4 Å². The van der Waals surface area contributed by atoms with Crippen molar-refractivity contribution in [3.63, 3.8) is 0 Å². The van der Waals surface area contributed by atoms with Crippen LogP contribution in [0.3, 0.4) is 0 Å². The molecule has 1 unspecified atom stereocenters. The van der Waals surface area contributed by atoms with Gasteiger partial charge in [0.1, 0.15) is 0 Å². The molecule has 0 aliphatic carbocycles. The van der Waals surface area contributed by atoms with Crippen LogP contribution in [0.15, 0.2) is 0 Å². The van der Waals surface area contributed by atoms with Crippen molar-refractivity contribution in [3.8, 4) is 0 Å². The zero-order chi connectivity index (χ0) is 9.10. The van der Waals surface area contributed by atoms with Gasteiger partial charge in [0, 0.05) is 19.6 Å². The monoisotopic (exact) mass is 183 g/mol. The first kappa shape index (κ1) is 8.81. The number of hydrogen-bond acceptors (Lipinski definition) is 2. The minimum Gasteiger partial charge on any atom is -0.336 e. The molecule has 4 heteroatoms. The molecule has 0 radical (unpaired) electrons. The van der Waals surface area contributed by atoms with Crippen LogP contribution < -0.4 is 10.6 Å². The second-order valence-corrected chi connectivity index (χ2v) is 3.87. The summed E-state index contributed by atoms with van der Waals surface area (Å²) in [5, 5.41) is 6.16. The molecular weight excluding hydrogens is 166 g/mol. The molecule has 2 amide bonds. The SMILES string of the molecule is O=C1NCCN1CCC1CCNC1. The fourth-order valence-corrected chi connectivity index (χ4v) is 2.02. The zero-order valence-corrected chi connectivity index (χ0v) is 7.88. The molecule has 0 aromatic rings. The highest BCUT2D eigenvalue weighted by Gasteiger charge is 2.21. The van der Waals surface area contributed by atoms with Gasteiger partial charge >= 0.3 is 6.03 Å². The third kappa shape index (κ3) is 2.12. The summed E-state index contributed by atoms with van der Waals surface area (Å²) in [5.74, 6) is 0.786. The molecular formula is C9H17N3O. The Kier molecular flexibility index (Phi) is 2.68. The van der Waals surface area contributed by atoms with Crippen molar-refractivity contribution in [1.29, 1.82) is 0 Å². The maximum atomic E-state index is 11.2. The van der Waals surface area contributed by atoms with Gasteiger partial charge in [-0.05, 0) is 31.8 Å². The Morgan fingerprint density at radius 1 is 1.46 bits per heavy atom. The standard InChI is InChI=1S/C9H17N3O/c13-9-11-4-6-12(9)5-2-8-1-3-10-7-8/h8,10H,1-7H2,(H,11,13). The molecule has 2 rings (SSSR count). The van der Waals surface area contributed by atoms with Gasteiger partial charge in [0.25, 0.3) is 0 Å². The van der Waals surface area contributed by atoms with Gasteiger partial charge in [-0.2, -0.15) is 0 Å². The van der Waals surface area contributed by atoms with Crippen LogP contribution in [-0.4, -0.2) is 43.7 Å². The van der Waals surface area contributed by atoms with Crippen molar-refractivity contribution >= 4 is 6.03 Å². The summed E-state index contributed by atoms with van der Waals surface area (Å²) in [4.78, 5) is 13.1. The number of amides is 2. The summed E-state index contributed by atoms with van der Waals surface area (Å²) in [6.07, 6.45) is 2.43. The van der Waals surface area contributed by atoms with Gasteiger partial charge in [-0.25, -0.2) is 4.79 Å². The maximum Gasteiger partial charge on any atom is 0.317 e. The number of rotatable bonds is 3. The lowest BCUT2D eigenvalue weighted by Gasteiger charge is -2.16. The molecule has 2 aliphatic rings. The van der Waals surface area contributed by atoms with E-state index in [0.29, 0.717) is 0 Å². The normalized spacial score (nSPS) is 28.2. The summed E-state index contributed by atoms with van der Waals surface area (Å²) in [7, 11) is 0. The van der Waals surface area contributed by atoms with Crippen molar-refractivity contribution < 1.29 is 4.79 Å². The first-order valence-electron chi connectivity index (χ1n) is 5.10. The molecule has 13 heavy (non-hydrogen) atoms. The summed E-state index contributed by atoms with van der Waals surface area (Å²) in [5.41, 5.74) is 0. The van der Waals surface area contributed by atoms with E-state index < -0.39 is 0 Å². The van der Waals surface area contributed by atoms with Gasteiger partial charge in [-0.3, -0.25) is 0 Å². The second-order valence-electron chi connectivity index (χ2n) is 3.87. The van der Waals surface area contributed by atoms with E-state index in [0.717, 1.165) is 45.1 Å². The quantitative estimate of drug-likeness (QED) is 0.647. The fourth-order valence-electron chi connectivity index (χ4n) is 2.02. The summed E-state index contributed by atoms with van der Waals surface area (Å²) < 4.78 is 0. The smallest absolute Gasteiger partial charge is 0.317 e. The fraction of sp³-hybridized carbons (Fsp3) is 0.889. The third-order valence-corrected chi connectivity index (χ3v) is 2.91. The minimum atomic E-state index is 0.117. The number of carbonyl (C=O) groups is 1. The molecule has 4 nitrogen and oxygen atoms in total. The van der Waals surface area contributed by atoms with Crippen LogP contribution in [0.4, 0.5) is 4.79 Å². The zero-order valence-electron chi connectivity index (χ0n) is 7.88. The van der Waals surface area contributed by atoms with Crippen molar-refractivity contribution in [2.24, 2.45) is 5.92 Å². The van der Waals surface area contributed by atoms with E-state index in [-0.39, 0.29) is 6.03 Å². The minimum absolute atomic E-state index is 0.117. The van der Waals surface area contributed by atoms with Crippen molar-refractivity contribution in [3.05, 3.63) is 0 Å². The predicted molar refractivity (Wildman–Crippen MR) is 50.6 cm³/mol. The maximum absolute atomic E-state index is 11.2. The van der Waals surface area contributed by atoms with Crippen LogP contribution in [0, 0.1) is 5.92 Å². The molecule has 0 bridgehead atoms. The van der Waals surface area contributed by atoms with E-state index in [2.05, 4.69) is 10.6 Å². The Morgan fingerprint density at radius 3 is 3.00 bits per heavy atom. The highest BCUT2D eigenvalue weighted by molar-refractivity contribution is 5.76. The van der Waals surface area contributed by atoms with E-state index in [1.165, 1.54) is 6.42 Å². The van der Waals surface area contributed by atoms with E-state index in [1.807, 2.05) is 4.90 Å². The average molecular weight is 183 g/mol. The summed E-state index contributed by atoms with van der Waals surface area (Å²) >= 11 is 0. The molecule has 0 spiro atoms.